The van der Waals surface area contributed by atoms with E-state index in [2.05, 4.69) is 15.5 Å². The van der Waals surface area contributed by atoms with Crippen molar-refractivity contribution in [3.05, 3.63) is 66.2 Å². The smallest absolute Gasteiger partial charge is 0.354 e. The van der Waals surface area contributed by atoms with Crippen molar-refractivity contribution in [2.24, 2.45) is 0 Å². The first-order chi connectivity index (χ1) is 12.0. The monoisotopic (exact) mass is 339 g/mol. The lowest BCUT2D eigenvalue weighted by Gasteiger charge is -2.13. The van der Waals surface area contributed by atoms with Crippen molar-refractivity contribution in [3.8, 4) is 0 Å². The number of nitrogens with one attached hydrogen (secondary N) is 1. The highest BCUT2D eigenvalue weighted by Gasteiger charge is 2.21. The zero-order valence-electron chi connectivity index (χ0n) is 13.5. The fraction of sp³-hybridized carbons (Fsp3) is 0.176. The molecular formula is C17H17N5O3. The van der Waals surface area contributed by atoms with E-state index < -0.39 is 12.0 Å². The van der Waals surface area contributed by atoms with Crippen molar-refractivity contribution in [1.82, 2.24) is 19.6 Å². The molecule has 1 aromatic carbocycles. The zero-order valence-corrected chi connectivity index (χ0v) is 13.5. The number of rotatable bonds is 6. The van der Waals surface area contributed by atoms with E-state index in [4.69, 9.17) is 5.11 Å². The van der Waals surface area contributed by atoms with Gasteiger partial charge in [0.2, 0.25) is 5.91 Å². The fourth-order valence-corrected chi connectivity index (χ4v) is 2.44. The minimum Gasteiger partial charge on any atom is -0.477 e. The highest BCUT2D eigenvalue weighted by atomic mass is 16.4. The summed E-state index contributed by atoms with van der Waals surface area (Å²) >= 11 is 0. The van der Waals surface area contributed by atoms with E-state index in [1.807, 2.05) is 30.3 Å². The highest BCUT2D eigenvalue weighted by Crippen LogP contribution is 2.14. The number of amides is 1. The first-order valence-corrected chi connectivity index (χ1v) is 7.68. The summed E-state index contributed by atoms with van der Waals surface area (Å²) in [6, 6.07) is 10.4. The summed E-state index contributed by atoms with van der Waals surface area (Å²) in [7, 11) is 0. The van der Waals surface area contributed by atoms with Crippen LogP contribution in [0.3, 0.4) is 0 Å². The van der Waals surface area contributed by atoms with Gasteiger partial charge in [-0.05, 0) is 18.6 Å². The quantitative estimate of drug-likeness (QED) is 0.715. The van der Waals surface area contributed by atoms with Crippen LogP contribution in [0.5, 0.6) is 0 Å². The Morgan fingerprint density at radius 1 is 1.20 bits per heavy atom. The average Bonchev–Trinajstić information content (AvgIpc) is 3.24. The molecule has 0 bridgehead atoms. The van der Waals surface area contributed by atoms with Crippen molar-refractivity contribution in [2.75, 3.05) is 5.32 Å². The van der Waals surface area contributed by atoms with Crippen LogP contribution in [0.4, 0.5) is 5.69 Å². The van der Waals surface area contributed by atoms with Crippen LogP contribution in [0.25, 0.3) is 0 Å². The van der Waals surface area contributed by atoms with E-state index >= 15 is 0 Å². The second-order valence-electron chi connectivity index (χ2n) is 5.54. The van der Waals surface area contributed by atoms with Crippen LogP contribution in [0, 0.1) is 0 Å². The lowest BCUT2D eigenvalue weighted by atomic mass is 10.2. The molecule has 0 spiro atoms. The Balaban J connectivity index is 1.67. The predicted molar refractivity (Wildman–Crippen MR) is 90.3 cm³/mol. The number of carboxylic acids is 1. The van der Waals surface area contributed by atoms with E-state index in [-0.39, 0.29) is 11.6 Å². The van der Waals surface area contributed by atoms with E-state index in [1.54, 1.807) is 24.0 Å². The minimum absolute atomic E-state index is 0.0394. The van der Waals surface area contributed by atoms with E-state index in [0.29, 0.717) is 12.2 Å². The number of anilines is 1. The third kappa shape index (κ3) is 3.74. The predicted octanol–water partition coefficient (Wildman–Crippen LogP) is 2.03. The van der Waals surface area contributed by atoms with Gasteiger partial charge in [-0.2, -0.15) is 10.2 Å². The number of aromatic nitrogens is 4. The van der Waals surface area contributed by atoms with Gasteiger partial charge in [-0.15, -0.1) is 0 Å². The Morgan fingerprint density at radius 3 is 2.68 bits per heavy atom. The lowest BCUT2D eigenvalue weighted by molar-refractivity contribution is -0.119. The van der Waals surface area contributed by atoms with Gasteiger partial charge < -0.3 is 10.4 Å². The van der Waals surface area contributed by atoms with Crippen molar-refractivity contribution >= 4 is 17.6 Å². The van der Waals surface area contributed by atoms with Crippen LogP contribution in [0.1, 0.15) is 29.0 Å². The fourth-order valence-electron chi connectivity index (χ4n) is 2.44. The van der Waals surface area contributed by atoms with E-state index in [0.717, 1.165) is 5.56 Å². The number of carbonyl (C=O) groups excluding carboxylic acids is 1. The molecule has 3 aromatic rings. The molecule has 3 rings (SSSR count). The Labute approximate surface area is 143 Å². The van der Waals surface area contributed by atoms with Gasteiger partial charge in [0.25, 0.3) is 0 Å². The molecule has 2 heterocycles. The standard InChI is InChI=1S/C17H17N5O3/c1-12(22-15(17(24)25)7-8-18-22)16(23)20-14-9-19-21(11-14)10-13-5-3-2-4-6-13/h2-9,11-12H,10H2,1H3,(H,20,23)(H,24,25). The van der Waals surface area contributed by atoms with Crippen LogP contribution in [-0.2, 0) is 11.3 Å². The molecule has 0 aliphatic rings. The summed E-state index contributed by atoms with van der Waals surface area (Å²) in [6.07, 6.45) is 4.62. The number of benzene rings is 1. The molecule has 0 aliphatic heterocycles. The number of carbonyl (C=O) groups is 2. The van der Waals surface area contributed by atoms with Gasteiger partial charge >= 0.3 is 5.97 Å². The van der Waals surface area contributed by atoms with Crippen molar-refractivity contribution in [1.29, 1.82) is 0 Å². The molecule has 8 heteroatoms. The molecule has 1 atom stereocenters. The van der Waals surface area contributed by atoms with Gasteiger partial charge in [-0.3, -0.25) is 9.48 Å². The molecule has 0 saturated carbocycles. The van der Waals surface area contributed by atoms with Crippen LogP contribution in [0.2, 0.25) is 0 Å². The first kappa shape index (κ1) is 16.4. The van der Waals surface area contributed by atoms with Crippen molar-refractivity contribution in [2.45, 2.75) is 19.5 Å². The SMILES string of the molecule is CC(C(=O)Nc1cnn(Cc2ccccc2)c1)n1nccc1C(=O)O. The van der Waals surface area contributed by atoms with Gasteiger partial charge in [-0.25, -0.2) is 9.48 Å². The maximum atomic E-state index is 12.4. The van der Waals surface area contributed by atoms with Gasteiger partial charge in [-0.1, -0.05) is 30.3 Å². The number of nitrogens with zero attached hydrogens (tertiary/aromatic N) is 4. The Morgan fingerprint density at radius 2 is 1.96 bits per heavy atom. The van der Waals surface area contributed by atoms with E-state index in [1.165, 1.54) is 16.9 Å². The van der Waals surface area contributed by atoms with Crippen molar-refractivity contribution in [3.63, 3.8) is 0 Å². The molecule has 8 nitrogen and oxygen atoms in total. The minimum atomic E-state index is -1.13. The van der Waals surface area contributed by atoms with Crippen molar-refractivity contribution < 1.29 is 14.7 Å². The average molecular weight is 339 g/mol. The third-order valence-corrected chi connectivity index (χ3v) is 3.72. The maximum Gasteiger partial charge on any atom is 0.354 e. The van der Waals surface area contributed by atoms with E-state index in [9.17, 15) is 9.59 Å². The molecule has 2 N–H and O–H groups in total. The molecule has 25 heavy (non-hydrogen) atoms. The van der Waals surface area contributed by atoms with Crippen LogP contribution < -0.4 is 5.32 Å². The van der Waals surface area contributed by atoms with Gasteiger partial charge in [0.05, 0.1) is 18.4 Å². The highest BCUT2D eigenvalue weighted by molar-refractivity contribution is 5.94. The third-order valence-electron chi connectivity index (χ3n) is 3.72. The number of carboxylic acid groups (broad SMARTS) is 1. The molecule has 1 unspecified atom stereocenters. The summed E-state index contributed by atoms with van der Waals surface area (Å²) in [5.41, 5.74) is 1.60. The summed E-state index contributed by atoms with van der Waals surface area (Å²) in [5.74, 6) is -1.50. The Bertz CT molecular complexity index is 885. The van der Waals surface area contributed by atoms with Gasteiger partial charge in [0.15, 0.2) is 0 Å². The Hall–Kier alpha value is -3.42. The van der Waals surface area contributed by atoms with Gasteiger partial charge in [0, 0.05) is 12.4 Å². The summed E-state index contributed by atoms with van der Waals surface area (Å²) in [4.78, 5) is 23.5. The number of aromatic carboxylic acids is 1. The second kappa shape index (κ2) is 7.00. The Kier molecular flexibility index (Phi) is 4.60. The lowest BCUT2D eigenvalue weighted by Crippen LogP contribution is -2.26. The molecule has 0 fully saturated rings. The number of hydrogen-bond donors (Lipinski definition) is 2. The molecule has 0 radical (unpaired) electrons. The molecule has 2 aromatic heterocycles. The van der Waals surface area contributed by atoms with Gasteiger partial charge in [0.1, 0.15) is 11.7 Å². The van der Waals surface area contributed by atoms with Crippen LogP contribution >= 0.6 is 0 Å². The van der Waals surface area contributed by atoms with Crippen LogP contribution in [0.15, 0.2) is 55.0 Å². The molecule has 0 saturated heterocycles. The maximum absolute atomic E-state index is 12.4. The largest absolute Gasteiger partial charge is 0.477 e. The topological polar surface area (TPSA) is 102 Å². The zero-order chi connectivity index (χ0) is 17.8. The molecule has 1 amide bonds. The second-order valence-corrected chi connectivity index (χ2v) is 5.54. The molecular weight excluding hydrogens is 322 g/mol. The summed E-state index contributed by atoms with van der Waals surface area (Å²) < 4.78 is 2.89. The summed E-state index contributed by atoms with van der Waals surface area (Å²) in [5, 5.41) is 20.0. The molecule has 0 aliphatic carbocycles. The summed E-state index contributed by atoms with van der Waals surface area (Å²) in [6.45, 7) is 2.18. The normalized spacial score (nSPS) is 11.9. The first-order valence-electron chi connectivity index (χ1n) is 7.68. The number of hydrogen-bond acceptors (Lipinski definition) is 4. The molecule has 128 valence electrons. The van der Waals surface area contributed by atoms with Crippen LogP contribution in [-0.4, -0.2) is 36.5 Å².